The first-order chi connectivity index (χ1) is 33.6. The third-order valence-electron chi connectivity index (χ3n) is 13.9. The van der Waals surface area contributed by atoms with Crippen LogP contribution in [-0.2, 0) is 24.5 Å². The maximum Gasteiger partial charge on any atom is 0.329 e. The molecule has 6 amide bonds. The molecule has 0 aromatic heterocycles. The number of hydrogen-bond acceptors (Lipinski definition) is 9. The Balaban J connectivity index is 1.34. The molecule has 4 aliphatic rings. The molecule has 354 valence electrons. The lowest BCUT2D eigenvalue weighted by atomic mass is 9.64. The van der Waals surface area contributed by atoms with Crippen molar-refractivity contribution in [2.75, 3.05) is 37.7 Å². The average Bonchev–Trinajstić information content (AvgIpc) is 3.81. The predicted molar refractivity (Wildman–Crippen MR) is 258 cm³/mol. The van der Waals surface area contributed by atoms with Crippen molar-refractivity contribution in [3.63, 3.8) is 0 Å². The highest BCUT2D eigenvalue weighted by Gasteiger charge is 2.76. The molecular formula is C55H56N6O8. The first kappa shape index (κ1) is 46.6. The van der Waals surface area contributed by atoms with E-state index in [1.54, 1.807) is 35.2 Å². The van der Waals surface area contributed by atoms with E-state index < -0.39 is 65.5 Å². The average molecular weight is 929 g/mol. The van der Waals surface area contributed by atoms with Crippen LogP contribution in [0.4, 0.5) is 15.3 Å². The topological polar surface area (TPSA) is 184 Å². The van der Waals surface area contributed by atoms with Gasteiger partial charge in [-0.15, -0.1) is 0 Å². The summed E-state index contributed by atoms with van der Waals surface area (Å²) in [7, 11) is 0. The molecule has 7 atom stereocenters. The summed E-state index contributed by atoms with van der Waals surface area (Å²) in [5.41, 5.74) is 7.28. The first-order valence-corrected chi connectivity index (χ1v) is 23.7. The van der Waals surface area contributed by atoms with Crippen LogP contribution in [0.5, 0.6) is 5.75 Å². The SMILES string of the molecule is CC(NC(=O)N1C(=O)C2(c3cc(C#CCNC(N)=O)ccc31)C(C(=O)N1CCCCCCC1)C1C(=O)OC(c3ccccc3)C(c3ccccc3)N1C2c1ccc(OCCO)cc1)c1ccccc1. The van der Waals surface area contributed by atoms with Crippen molar-refractivity contribution in [3.05, 3.63) is 167 Å². The van der Waals surface area contributed by atoms with Gasteiger partial charge >= 0.3 is 18.0 Å². The molecule has 5 aromatic rings. The Hall–Kier alpha value is -7.47. The third kappa shape index (κ3) is 8.91. The number of esters is 1. The van der Waals surface area contributed by atoms with Crippen LogP contribution in [0.15, 0.2) is 133 Å². The number of amides is 6. The van der Waals surface area contributed by atoms with Gasteiger partial charge in [-0.3, -0.25) is 19.3 Å². The van der Waals surface area contributed by atoms with E-state index in [0.717, 1.165) is 48.1 Å². The third-order valence-corrected chi connectivity index (χ3v) is 13.9. The number of aliphatic hydroxyl groups excluding tert-OH is 1. The largest absolute Gasteiger partial charge is 0.491 e. The molecular weight excluding hydrogens is 873 g/mol. The van der Waals surface area contributed by atoms with Gasteiger partial charge in [0.25, 0.3) is 0 Å². The number of carbonyl (C=O) groups excluding carboxylic acids is 5. The fourth-order valence-corrected chi connectivity index (χ4v) is 10.9. The van der Waals surface area contributed by atoms with Crippen molar-refractivity contribution in [2.45, 2.75) is 74.7 Å². The molecule has 14 heteroatoms. The van der Waals surface area contributed by atoms with E-state index in [-0.39, 0.29) is 31.4 Å². The number of ether oxygens (including phenoxy) is 2. The molecule has 4 aliphatic heterocycles. The van der Waals surface area contributed by atoms with Gasteiger partial charge in [-0.05, 0) is 77.9 Å². The fourth-order valence-electron chi connectivity index (χ4n) is 10.9. The van der Waals surface area contributed by atoms with Gasteiger partial charge in [0.2, 0.25) is 11.8 Å². The Morgan fingerprint density at radius 2 is 1.45 bits per heavy atom. The highest BCUT2D eigenvalue weighted by Crippen LogP contribution is 2.66. The molecule has 0 saturated carbocycles. The predicted octanol–water partition coefficient (Wildman–Crippen LogP) is 7.01. The fraction of sp³-hybridized carbons (Fsp3) is 0.327. The summed E-state index contributed by atoms with van der Waals surface area (Å²) in [6.45, 7) is 2.45. The molecule has 9 rings (SSSR count). The van der Waals surface area contributed by atoms with Crippen LogP contribution in [0.2, 0.25) is 0 Å². The van der Waals surface area contributed by atoms with Crippen molar-refractivity contribution in [1.29, 1.82) is 0 Å². The van der Waals surface area contributed by atoms with Crippen LogP contribution in [0, 0.1) is 17.8 Å². The monoisotopic (exact) mass is 928 g/mol. The Kier molecular flexibility index (Phi) is 13.8. The Bertz CT molecular complexity index is 2740. The quantitative estimate of drug-likeness (QED) is 0.0846. The first-order valence-electron chi connectivity index (χ1n) is 23.7. The van der Waals surface area contributed by atoms with Crippen LogP contribution in [-0.4, -0.2) is 83.6 Å². The standard InChI is InChI=1S/C55H56N6O8/c1-36(38-18-8-5-9-19-38)58-54(67)60-44-29-24-37(17-16-30-57-53(56)66)35-43(44)55(52(60)65)45(50(63)59-31-14-3-2-4-15-32-59)47-51(64)69-48(40-22-12-7-13-23-40)46(39-20-10-6-11-21-39)61(47)49(55)41-25-27-42(28-26-41)68-34-33-62/h5-13,18-29,35-36,45-49,62H,2-4,14-15,30-34H2,1H3,(H,58,67)(H3,56,57,66). The molecule has 0 aliphatic carbocycles. The number of likely N-dealkylation sites (tertiary alicyclic amines) is 1. The van der Waals surface area contributed by atoms with Crippen LogP contribution >= 0.6 is 0 Å². The van der Waals surface area contributed by atoms with E-state index in [1.165, 1.54) is 0 Å². The lowest BCUT2D eigenvalue weighted by molar-refractivity contribution is -0.179. The number of benzene rings is 5. The van der Waals surface area contributed by atoms with Crippen LogP contribution in [0.25, 0.3) is 0 Å². The van der Waals surface area contributed by atoms with Gasteiger partial charge in [0.15, 0.2) is 0 Å². The Morgan fingerprint density at radius 1 is 0.812 bits per heavy atom. The van der Waals surface area contributed by atoms with Gasteiger partial charge in [0.1, 0.15) is 29.9 Å². The smallest absolute Gasteiger partial charge is 0.329 e. The van der Waals surface area contributed by atoms with Gasteiger partial charge in [0.05, 0.1) is 42.9 Å². The van der Waals surface area contributed by atoms with Crippen LogP contribution in [0.1, 0.15) is 96.6 Å². The van der Waals surface area contributed by atoms with Gasteiger partial charge in [0, 0.05) is 18.7 Å². The van der Waals surface area contributed by atoms with E-state index in [2.05, 4.69) is 22.5 Å². The number of rotatable bonds is 10. The number of nitrogens with zero attached hydrogens (tertiary/aromatic N) is 3. The zero-order valence-corrected chi connectivity index (χ0v) is 38.5. The number of aliphatic hydroxyl groups is 1. The van der Waals surface area contributed by atoms with Gasteiger partial charge in [-0.2, -0.15) is 0 Å². The Morgan fingerprint density at radius 3 is 2.10 bits per heavy atom. The van der Waals surface area contributed by atoms with Crippen molar-refractivity contribution in [3.8, 4) is 17.6 Å². The van der Waals surface area contributed by atoms with E-state index in [4.69, 9.17) is 15.2 Å². The summed E-state index contributed by atoms with van der Waals surface area (Å²) in [6, 6.07) is 35.6. The van der Waals surface area contributed by atoms with Crippen molar-refractivity contribution >= 4 is 35.5 Å². The summed E-state index contributed by atoms with van der Waals surface area (Å²) >= 11 is 0. The number of hydrogen-bond donors (Lipinski definition) is 4. The molecule has 3 fully saturated rings. The highest BCUT2D eigenvalue weighted by atomic mass is 16.6. The molecule has 5 N–H and O–H groups in total. The molecule has 4 heterocycles. The second-order valence-corrected chi connectivity index (χ2v) is 18.0. The number of nitrogens with two attached hydrogens (primary N) is 1. The number of nitrogens with one attached hydrogen (secondary N) is 2. The molecule has 3 saturated heterocycles. The van der Waals surface area contributed by atoms with Crippen LogP contribution in [0.3, 0.4) is 0 Å². The summed E-state index contributed by atoms with van der Waals surface area (Å²) < 4.78 is 12.5. The minimum absolute atomic E-state index is 0.0457. The summed E-state index contributed by atoms with van der Waals surface area (Å²) in [5.74, 6) is 3.33. The Labute approximate surface area is 401 Å². The molecule has 0 radical (unpaired) electrons. The molecule has 1 spiro atoms. The second kappa shape index (κ2) is 20.4. The normalized spacial score (nSPS) is 23.6. The molecule has 69 heavy (non-hydrogen) atoms. The zero-order valence-electron chi connectivity index (χ0n) is 38.5. The van der Waals surface area contributed by atoms with Gasteiger partial charge in [-0.25, -0.2) is 14.5 Å². The number of cyclic esters (lactones) is 1. The number of imide groups is 1. The molecule has 14 nitrogen and oxygen atoms in total. The van der Waals surface area contributed by atoms with Gasteiger partial charge < -0.3 is 35.8 Å². The number of fused-ring (bicyclic) bond motifs is 3. The number of anilines is 1. The van der Waals surface area contributed by atoms with Crippen molar-refractivity contribution in [2.24, 2.45) is 11.7 Å². The minimum Gasteiger partial charge on any atom is -0.491 e. The number of carbonyl (C=O) groups is 5. The molecule has 0 bridgehead atoms. The van der Waals surface area contributed by atoms with E-state index in [1.807, 2.05) is 115 Å². The minimum atomic E-state index is -1.97. The summed E-state index contributed by atoms with van der Waals surface area (Å²) in [6.07, 6.45) is 3.45. The number of urea groups is 2. The van der Waals surface area contributed by atoms with Crippen molar-refractivity contribution < 1.29 is 38.6 Å². The summed E-state index contributed by atoms with van der Waals surface area (Å²) in [5, 5.41) is 15.2. The molecule has 7 unspecified atom stereocenters. The maximum atomic E-state index is 16.7. The van der Waals surface area contributed by atoms with Gasteiger partial charge in [-0.1, -0.05) is 134 Å². The zero-order chi connectivity index (χ0) is 48.1. The summed E-state index contributed by atoms with van der Waals surface area (Å²) in [4.78, 5) is 80.2. The molecule has 5 aromatic carbocycles. The lowest BCUT2D eigenvalue weighted by Crippen LogP contribution is -2.57. The highest BCUT2D eigenvalue weighted by molar-refractivity contribution is 6.24. The lowest BCUT2D eigenvalue weighted by Gasteiger charge is -2.46. The number of primary amides is 1. The van der Waals surface area contributed by atoms with Crippen molar-refractivity contribution in [1.82, 2.24) is 20.4 Å². The van der Waals surface area contributed by atoms with E-state index >= 15 is 19.2 Å². The van der Waals surface area contributed by atoms with E-state index in [9.17, 15) is 9.90 Å². The van der Waals surface area contributed by atoms with Crippen LogP contribution < -0.4 is 26.0 Å². The number of morpholine rings is 1. The second-order valence-electron chi connectivity index (χ2n) is 18.0. The van der Waals surface area contributed by atoms with E-state index in [0.29, 0.717) is 41.1 Å². The maximum absolute atomic E-state index is 16.7.